The number of hydrogen-bond acceptors (Lipinski definition) is 7. The second-order valence-electron chi connectivity index (χ2n) is 9.53. The van der Waals surface area contributed by atoms with Gasteiger partial charge in [-0.2, -0.15) is 13.2 Å². The molecule has 2 atom stereocenters. The van der Waals surface area contributed by atoms with Crippen molar-refractivity contribution in [3.63, 3.8) is 0 Å². The first-order chi connectivity index (χ1) is 17.8. The summed E-state index contributed by atoms with van der Waals surface area (Å²) in [4.78, 5) is 29.3. The van der Waals surface area contributed by atoms with E-state index in [0.717, 1.165) is 12.1 Å². The molecule has 1 aliphatic carbocycles. The third-order valence-electron chi connectivity index (χ3n) is 5.74. The van der Waals surface area contributed by atoms with E-state index >= 15 is 0 Å². The molecule has 7 nitrogen and oxygen atoms in total. The molecule has 0 spiro atoms. The smallest absolute Gasteiger partial charge is 0.416 e. The van der Waals surface area contributed by atoms with Crippen LogP contribution in [-0.2, 0) is 41.4 Å². The van der Waals surface area contributed by atoms with Gasteiger partial charge in [-0.25, -0.2) is 0 Å². The zero-order chi connectivity index (χ0) is 28.5. The number of hydrogen-bond donors (Lipinski definition) is 0. The Morgan fingerprint density at radius 3 is 2.37 bits per heavy atom. The molecule has 0 heterocycles. The lowest BCUT2D eigenvalue weighted by atomic mass is 9.84. The van der Waals surface area contributed by atoms with Gasteiger partial charge in [-0.3, -0.25) is 9.59 Å². The summed E-state index contributed by atoms with van der Waals surface area (Å²) >= 11 is 0. The van der Waals surface area contributed by atoms with Gasteiger partial charge in [-0.05, 0) is 49.0 Å². The van der Waals surface area contributed by atoms with E-state index in [2.05, 4.69) is 5.16 Å². The molecular weight excluding hydrogens is 503 g/mol. The summed E-state index contributed by atoms with van der Waals surface area (Å²) in [5, 5.41) is 4.27. The lowest BCUT2D eigenvalue weighted by molar-refractivity contribution is -0.138. The molecule has 0 amide bonds. The van der Waals surface area contributed by atoms with Crippen LogP contribution in [0.4, 0.5) is 13.2 Å². The van der Waals surface area contributed by atoms with Crippen LogP contribution in [0.2, 0.25) is 0 Å². The monoisotopic (exact) mass is 539 g/mol. The Kier molecular flexibility index (Phi) is 11.6. The molecule has 2 unspecified atom stereocenters. The number of ether oxygens (including phenoxy) is 3. The van der Waals surface area contributed by atoms with Crippen LogP contribution < -0.4 is 0 Å². The molecule has 38 heavy (non-hydrogen) atoms. The number of benzene rings is 1. The molecule has 0 N–H and O–H groups in total. The van der Waals surface area contributed by atoms with Crippen molar-refractivity contribution in [1.82, 2.24) is 0 Å². The van der Waals surface area contributed by atoms with Crippen molar-refractivity contribution >= 4 is 17.7 Å². The summed E-state index contributed by atoms with van der Waals surface area (Å²) in [7, 11) is 0. The molecule has 0 aromatic heterocycles. The van der Waals surface area contributed by atoms with E-state index in [1.165, 1.54) is 19.9 Å². The number of carbonyl (C=O) groups excluding carboxylic acids is 2. The molecular formula is C28H36F3NO6. The van der Waals surface area contributed by atoms with Crippen LogP contribution in [0.3, 0.4) is 0 Å². The fraction of sp³-hybridized carbons (Fsp3) is 0.536. The van der Waals surface area contributed by atoms with E-state index in [1.54, 1.807) is 13.0 Å². The van der Waals surface area contributed by atoms with Crippen LogP contribution in [0.15, 0.2) is 52.6 Å². The van der Waals surface area contributed by atoms with Gasteiger partial charge in [-0.15, -0.1) is 0 Å². The average molecular weight is 540 g/mol. The molecule has 0 saturated carbocycles. The normalized spacial score (nSPS) is 17.3. The summed E-state index contributed by atoms with van der Waals surface area (Å²) < 4.78 is 55.5. The first-order valence-electron chi connectivity index (χ1n) is 12.6. The second kappa shape index (κ2) is 14.1. The Morgan fingerprint density at radius 2 is 1.79 bits per heavy atom. The SMILES string of the molecule is CCC/C(=N\OCC(C)OCc1cccc(C(F)(F)F)c1)C1=C(OC(C)=O)CC(C(C)C)C=C1OC(C)=O. The van der Waals surface area contributed by atoms with Crippen molar-refractivity contribution in [2.75, 3.05) is 6.61 Å². The highest BCUT2D eigenvalue weighted by atomic mass is 19.4. The van der Waals surface area contributed by atoms with Gasteiger partial charge in [0.15, 0.2) is 0 Å². The summed E-state index contributed by atoms with van der Waals surface area (Å²) in [5.74, 6) is -0.213. The quantitative estimate of drug-likeness (QED) is 0.167. The number of allylic oxidation sites excluding steroid dienone is 3. The number of alkyl halides is 3. The molecule has 0 saturated heterocycles. The van der Waals surface area contributed by atoms with E-state index in [9.17, 15) is 22.8 Å². The summed E-state index contributed by atoms with van der Waals surface area (Å²) in [6.45, 7) is 10.3. The molecule has 0 aliphatic heterocycles. The first-order valence-corrected chi connectivity index (χ1v) is 12.6. The minimum atomic E-state index is -4.43. The van der Waals surface area contributed by atoms with Gasteiger partial charge in [0.2, 0.25) is 0 Å². The highest BCUT2D eigenvalue weighted by molar-refractivity contribution is 6.04. The molecule has 10 heteroatoms. The molecule has 1 aromatic rings. The van der Waals surface area contributed by atoms with Gasteiger partial charge in [0, 0.05) is 20.3 Å². The lowest BCUT2D eigenvalue weighted by Gasteiger charge is -2.28. The van der Waals surface area contributed by atoms with Crippen LogP contribution in [0, 0.1) is 11.8 Å². The standard InChI is InChI=1S/C28H36F3NO6/c1-7-9-24(27-25(37-19(5)33)13-22(17(2)3)14-26(27)38-20(6)34)32-36-15-18(4)35-16-21-10-8-11-23(12-21)28(29,30)31/h8,10-13,17-18,22H,7,9,14-16H2,1-6H3/b32-24+. The van der Waals surface area contributed by atoms with Gasteiger partial charge in [0.1, 0.15) is 18.1 Å². The second-order valence-corrected chi connectivity index (χ2v) is 9.53. The fourth-order valence-corrected chi connectivity index (χ4v) is 3.82. The number of halogens is 3. The fourth-order valence-electron chi connectivity index (χ4n) is 3.82. The van der Waals surface area contributed by atoms with Crippen molar-refractivity contribution in [1.29, 1.82) is 0 Å². The first kappa shape index (κ1) is 31.1. The third-order valence-corrected chi connectivity index (χ3v) is 5.74. The molecule has 1 aliphatic rings. The van der Waals surface area contributed by atoms with E-state index in [1.807, 2.05) is 26.8 Å². The highest BCUT2D eigenvalue weighted by Crippen LogP contribution is 2.36. The molecule has 2 rings (SSSR count). The zero-order valence-corrected chi connectivity index (χ0v) is 22.7. The van der Waals surface area contributed by atoms with Gasteiger partial charge in [0.05, 0.1) is 29.6 Å². The van der Waals surface area contributed by atoms with E-state index in [-0.39, 0.29) is 30.8 Å². The third kappa shape index (κ3) is 9.63. The van der Waals surface area contributed by atoms with Gasteiger partial charge >= 0.3 is 18.1 Å². The molecule has 1 aromatic carbocycles. The van der Waals surface area contributed by atoms with E-state index in [4.69, 9.17) is 19.0 Å². The molecule has 0 radical (unpaired) electrons. The van der Waals surface area contributed by atoms with Crippen molar-refractivity contribution in [3.8, 4) is 0 Å². The molecule has 0 bridgehead atoms. The molecule has 0 fully saturated rings. The van der Waals surface area contributed by atoms with Gasteiger partial charge in [0.25, 0.3) is 0 Å². The van der Waals surface area contributed by atoms with Crippen LogP contribution >= 0.6 is 0 Å². The maximum Gasteiger partial charge on any atom is 0.416 e. The Balaban J connectivity index is 2.21. The van der Waals surface area contributed by atoms with Crippen molar-refractivity contribution in [2.45, 2.75) is 79.7 Å². The summed E-state index contributed by atoms with van der Waals surface area (Å²) in [5.41, 5.74) is 0.503. The molecule has 210 valence electrons. The summed E-state index contributed by atoms with van der Waals surface area (Å²) in [6.07, 6.45) is -1.51. The van der Waals surface area contributed by atoms with Crippen molar-refractivity contribution < 1.29 is 41.8 Å². The minimum Gasteiger partial charge on any atom is -0.430 e. The zero-order valence-electron chi connectivity index (χ0n) is 22.7. The van der Waals surface area contributed by atoms with Crippen LogP contribution in [0.1, 0.15) is 71.9 Å². The minimum absolute atomic E-state index is 0.0174. The van der Waals surface area contributed by atoms with Crippen LogP contribution in [0.5, 0.6) is 0 Å². The van der Waals surface area contributed by atoms with Gasteiger partial charge in [-0.1, -0.05) is 44.5 Å². The largest absolute Gasteiger partial charge is 0.430 e. The van der Waals surface area contributed by atoms with Gasteiger partial charge < -0.3 is 19.0 Å². The Morgan fingerprint density at radius 1 is 1.11 bits per heavy atom. The Bertz CT molecular complexity index is 1070. The van der Waals surface area contributed by atoms with Crippen LogP contribution in [-0.4, -0.2) is 30.4 Å². The summed E-state index contributed by atoms with van der Waals surface area (Å²) in [6, 6.07) is 4.94. The predicted octanol–water partition coefficient (Wildman–Crippen LogP) is 6.72. The Hall–Kier alpha value is -3.14. The number of oxime groups is 1. The van der Waals surface area contributed by atoms with Crippen LogP contribution in [0.25, 0.3) is 0 Å². The number of esters is 2. The highest BCUT2D eigenvalue weighted by Gasteiger charge is 2.32. The topological polar surface area (TPSA) is 83.4 Å². The lowest BCUT2D eigenvalue weighted by Crippen LogP contribution is -2.23. The average Bonchev–Trinajstić information content (AvgIpc) is 2.81. The maximum absolute atomic E-state index is 12.9. The Labute approximate surface area is 221 Å². The number of nitrogens with zero attached hydrogens (tertiary/aromatic N) is 1. The number of carbonyl (C=O) groups is 2. The predicted molar refractivity (Wildman–Crippen MR) is 136 cm³/mol. The van der Waals surface area contributed by atoms with E-state index in [0.29, 0.717) is 41.9 Å². The maximum atomic E-state index is 12.9. The van der Waals surface area contributed by atoms with Crippen molar-refractivity contribution in [3.05, 3.63) is 58.6 Å². The van der Waals surface area contributed by atoms with E-state index < -0.39 is 29.8 Å². The number of rotatable bonds is 12. The van der Waals surface area contributed by atoms with Crippen molar-refractivity contribution in [2.24, 2.45) is 17.0 Å².